The van der Waals surface area contributed by atoms with Crippen molar-refractivity contribution in [3.63, 3.8) is 0 Å². The lowest BCUT2D eigenvalue weighted by atomic mass is 10.2. The molecular formula is C25H22Cl2N6O3. The van der Waals surface area contributed by atoms with Crippen LogP contribution in [0.25, 0.3) is 16.6 Å². The number of aromatic nitrogens is 3. The van der Waals surface area contributed by atoms with Crippen LogP contribution in [0.3, 0.4) is 0 Å². The highest BCUT2D eigenvalue weighted by atomic mass is 35.5. The van der Waals surface area contributed by atoms with Crippen LogP contribution in [0.15, 0.2) is 59.7 Å². The molecule has 0 unspecified atom stereocenters. The number of fused-ring (bicyclic) bond motifs is 1. The minimum atomic E-state index is -0.883. The van der Waals surface area contributed by atoms with Crippen LogP contribution in [0.4, 0.5) is 22.1 Å². The molecule has 0 spiro atoms. The van der Waals surface area contributed by atoms with Gasteiger partial charge >= 0.3 is 6.09 Å². The molecule has 2 aromatic heterocycles. The Hall–Kier alpha value is -3.82. The fourth-order valence-corrected chi connectivity index (χ4v) is 4.85. The Bertz CT molecular complexity index is 1500. The van der Waals surface area contributed by atoms with Crippen molar-refractivity contribution >= 4 is 57.5 Å². The molecule has 11 heteroatoms. The first-order chi connectivity index (χ1) is 17.3. The number of carboxylic acid groups (broad SMARTS) is 1. The first-order valence-electron chi connectivity index (χ1n) is 11.2. The predicted octanol–water partition coefficient (Wildman–Crippen LogP) is 4.94. The van der Waals surface area contributed by atoms with Gasteiger partial charge in [0.2, 0.25) is 5.95 Å². The van der Waals surface area contributed by atoms with E-state index in [4.69, 9.17) is 28.3 Å². The molecule has 0 aliphatic carbocycles. The maximum atomic E-state index is 13.2. The van der Waals surface area contributed by atoms with Gasteiger partial charge in [-0.3, -0.25) is 9.36 Å². The number of para-hydroxylation sites is 1. The van der Waals surface area contributed by atoms with Gasteiger partial charge in [-0.1, -0.05) is 29.3 Å². The van der Waals surface area contributed by atoms with Crippen LogP contribution in [-0.2, 0) is 0 Å². The molecule has 2 N–H and O–H groups in total. The number of carbonyl (C=O) groups is 1. The normalized spacial score (nSPS) is 13.8. The summed E-state index contributed by atoms with van der Waals surface area (Å²) in [4.78, 5) is 36.8. The number of nitrogens with zero attached hydrogens (tertiary/aromatic N) is 5. The molecule has 0 radical (unpaired) electrons. The van der Waals surface area contributed by atoms with Gasteiger partial charge in [0.25, 0.3) is 5.56 Å². The minimum Gasteiger partial charge on any atom is -0.465 e. The van der Waals surface area contributed by atoms with Crippen LogP contribution >= 0.6 is 23.2 Å². The van der Waals surface area contributed by atoms with Gasteiger partial charge in [-0.25, -0.2) is 14.8 Å². The summed E-state index contributed by atoms with van der Waals surface area (Å²) in [6.07, 6.45) is 2.29. The molecule has 1 fully saturated rings. The second-order valence-electron chi connectivity index (χ2n) is 8.44. The zero-order valence-corrected chi connectivity index (χ0v) is 20.8. The lowest BCUT2D eigenvalue weighted by Crippen LogP contribution is -2.48. The smallest absolute Gasteiger partial charge is 0.407 e. The van der Waals surface area contributed by atoms with Gasteiger partial charge in [0.05, 0.1) is 26.6 Å². The minimum absolute atomic E-state index is 0.315. The van der Waals surface area contributed by atoms with E-state index in [2.05, 4.69) is 20.2 Å². The van der Waals surface area contributed by atoms with Crippen molar-refractivity contribution in [1.29, 1.82) is 0 Å². The van der Waals surface area contributed by atoms with E-state index in [1.165, 1.54) is 15.7 Å². The summed E-state index contributed by atoms with van der Waals surface area (Å²) >= 11 is 12.6. The number of hydrogen-bond acceptors (Lipinski definition) is 6. The van der Waals surface area contributed by atoms with Crippen molar-refractivity contribution in [3.8, 4) is 5.69 Å². The maximum absolute atomic E-state index is 13.2. The van der Waals surface area contributed by atoms with Gasteiger partial charge in [-0.05, 0) is 48.9 Å². The van der Waals surface area contributed by atoms with E-state index in [9.17, 15) is 9.59 Å². The zero-order chi connectivity index (χ0) is 25.4. The number of rotatable bonds is 4. The van der Waals surface area contributed by atoms with Crippen molar-refractivity contribution in [3.05, 3.63) is 80.8 Å². The molecule has 4 aromatic rings. The Morgan fingerprint density at radius 2 is 1.69 bits per heavy atom. The molecule has 36 heavy (non-hydrogen) atoms. The molecule has 1 aliphatic rings. The van der Waals surface area contributed by atoms with Crippen molar-refractivity contribution in [2.45, 2.75) is 6.92 Å². The summed E-state index contributed by atoms with van der Waals surface area (Å²) in [6.45, 7) is 4.10. The average Bonchev–Trinajstić information content (AvgIpc) is 2.87. The summed E-state index contributed by atoms with van der Waals surface area (Å²) in [5.74, 6) is 0.362. The summed E-state index contributed by atoms with van der Waals surface area (Å²) in [5, 5.41) is 13.4. The second-order valence-corrected chi connectivity index (χ2v) is 9.26. The molecule has 1 amide bonds. The van der Waals surface area contributed by atoms with E-state index in [-0.39, 0.29) is 5.56 Å². The summed E-state index contributed by atoms with van der Waals surface area (Å²) in [7, 11) is 0. The van der Waals surface area contributed by atoms with Crippen LogP contribution in [0, 0.1) is 6.92 Å². The first-order valence-corrected chi connectivity index (χ1v) is 12.0. The Morgan fingerprint density at radius 3 is 2.33 bits per heavy atom. The topological polar surface area (TPSA) is 104 Å². The number of hydrogen-bond donors (Lipinski definition) is 2. The molecule has 5 rings (SSSR count). The number of piperazine rings is 1. The van der Waals surface area contributed by atoms with E-state index in [1.807, 2.05) is 31.2 Å². The third-order valence-electron chi connectivity index (χ3n) is 6.15. The molecule has 2 aromatic carbocycles. The predicted molar refractivity (Wildman–Crippen MR) is 141 cm³/mol. The molecule has 1 aliphatic heterocycles. The Morgan fingerprint density at radius 1 is 1.03 bits per heavy atom. The van der Waals surface area contributed by atoms with E-state index < -0.39 is 6.09 Å². The van der Waals surface area contributed by atoms with E-state index in [0.717, 1.165) is 16.9 Å². The summed E-state index contributed by atoms with van der Waals surface area (Å²) in [5.41, 5.74) is 3.20. The van der Waals surface area contributed by atoms with Crippen molar-refractivity contribution in [2.75, 3.05) is 36.4 Å². The van der Waals surface area contributed by atoms with E-state index >= 15 is 0 Å². The van der Waals surface area contributed by atoms with Crippen molar-refractivity contribution in [2.24, 2.45) is 0 Å². The molecule has 0 atom stereocenters. The van der Waals surface area contributed by atoms with Gasteiger partial charge < -0.3 is 20.2 Å². The molecule has 0 saturated carbocycles. The van der Waals surface area contributed by atoms with Crippen LogP contribution in [0.2, 0.25) is 10.0 Å². The quantitative estimate of drug-likeness (QED) is 0.389. The monoisotopic (exact) mass is 524 g/mol. The SMILES string of the molecule is Cc1cn(-c2c(Cl)cccc2Cl)c(=O)c2cnc(Nc3ccc(N4CCN(C(=O)O)CC4)cc3)nc12. The average molecular weight is 525 g/mol. The van der Waals surface area contributed by atoms with Crippen LogP contribution in [0.5, 0.6) is 0 Å². The zero-order valence-electron chi connectivity index (χ0n) is 19.3. The van der Waals surface area contributed by atoms with Gasteiger partial charge in [0.1, 0.15) is 0 Å². The van der Waals surface area contributed by atoms with Gasteiger partial charge in [-0.15, -0.1) is 0 Å². The van der Waals surface area contributed by atoms with Gasteiger partial charge in [0.15, 0.2) is 0 Å². The number of amides is 1. The number of nitrogens with one attached hydrogen (secondary N) is 1. The lowest BCUT2D eigenvalue weighted by molar-refractivity contribution is 0.142. The Kier molecular flexibility index (Phi) is 6.42. The summed E-state index contributed by atoms with van der Waals surface area (Å²) < 4.78 is 1.42. The van der Waals surface area contributed by atoms with Crippen LogP contribution in [-0.4, -0.2) is 56.8 Å². The van der Waals surface area contributed by atoms with Crippen molar-refractivity contribution < 1.29 is 9.90 Å². The Balaban J connectivity index is 1.38. The molecule has 0 bridgehead atoms. The third kappa shape index (κ3) is 4.55. The van der Waals surface area contributed by atoms with E-state index in [0.29, 0.717) is 58.8 Å². The number of pyridine rings is 1. The molecular weight excluding hydrogens is 503 g/mol. The highest BCUT2D eigenvalue weighted by molar-refractivity contribution is 6.37. The highest BCUT2D eigenvalue weighted by Crippen LogP contribution is 2.29. The molecule has 184 valence electrons. The number of aryl methyl sites for hydroxylation is 1. The lowest BCUT2D eigenvalue weighted by Gasteiger charge is -2.34. The fourth-order valence-electron chi connectivity index (χ4n) is 4.27. The van der Waals surface area contributed by atoms with Crippen molar-refractivity contribution in [1.82, 2.24) is 19.4 Å². The highest BCUT2D eigenvalue weighted by Gasteiger charge is 2.20. The van der Waals surface area contributed by atoms with Gasteiger partial charge in [-0.2, -0.15) is 0 Å². The molecule has 9 nitrogen and oxygen atoms in total. The second kappa shape index (κ2) is 9.67. The van der Waals surface area contributed by atoms with Crippen LogP contribution in [0.1, 0.15) is 5.56 Å². The summed E-state index contributed by atoms with van der Waals surface area (Å²) in [6, 6.07) is 12.8. The first kappa shape index (κ1) is 23.9. The number of halogens is 2. The molecule has 3 heterocycles. The maximum Gasteiger partial charge on any atom is 0.407 e. The Labute approximate surface area is 216 Å². The number of benzene rings is 2. The molecule has 1 saturated heterocycles. The largest absolute Gasteiger partial charge is 0.465 e. The van der Waals surface area contributed by atoms with E-state index in [1.54, 1.807) is 24.4 Å². The van der Waals surface area contributed by atoms with Crippen LogP contribution < -0.4 is 15.8 Å². The number of anilines is 3. The van der Waals surface area contributed by atoms with Gasteiger partial charge in [0, 0.05) is 49.9 Å². The third-order valence-corrected chi connectivity index (χ3v) is 6.76. The standard InChI is InChI=1S/C25H22Cl2N6O3/c1-15-14-33(22-19(26)3-2-4-20(22)27)23(34)18-13-28-24(30-21(15)18)29-16-5-7-17(8-6-16)31-9-11-32(12-10-31)25(35)36/h2-8,13-14H,9-12H2,1H3,(H,35,36)(H,28,29,30). The fraction of sp³-hybridized carbons (Fsp3) is 0.200.